The van der Waals surface area contributed by atoms with Crippen molar-refractivity contribution in [2.45, 2.75) is 87.1 Å². The van der Waals surface area contributed by atoms with E-state index in [9.17, 15) is 33.7 Å². The van der Waals surface area contributed by atoms with Gasteiger partial charge < -0.3 is 26.4 Å². The maximum Gasteiger partial charge on any atom is 0.408 e. The summed E-state index contributed by atoms with van der Waals surface area (Å²) in [6.45, 7) is 5.12. The summed E-state index contributed by atoms with van der Waals surface area (Å²) in [7, 11) is 0. The zero-order chi connectivity index (χ0) is 38.4. The van der Waals surface area contributed by atoms with Gasteiger partial charge in [0.1, 0.15) is 34.4 Å². The molecule has 3 amide bonds. The van der Waals surface area contributed by atoms with E-state index >= 15 is 0 Å². The Morgan fingerprint density at radius 2 is 1.26 bits per heavy atom. The summed E-state index contributed by atoms with van der Waals surface area (Å²) in [6, 6.07) is 24.2. The molecule has 276 valence electrons. The first-order valence-corrected chi connectivity index (χ1v) is 18.7. The standard InChI is InChI=1S/C22H24FN3O3S.C17H16FN3OS/c1-21(2,3)29-20(28)25-17(11-18-16(23)9-10-30-18)19(27)26-22(13-24)12-15(22)14-7-5-4-6-8-14;18-13-6-7-23-15(13)8-14(20)16(22)21-17(10-19)9-12(17)11-4-2-1-3-5-11/h4-10,15,17H,11-12H2,1-3H3,(H,25,28)(H,26,27);1-7,12,14H,8-9,20H2,(H,21,22)/t15?,17?,22-;12?,14-,17-/m00/s1. The number of hydrogen-bond donors (Lipinski definition) is 4. The average molecular weight is 759 g/mol. The van der Waals surface area contributed by atoms with Crippen molar-refractivity contribution >= 4 is 40.6 Å². The number of carbonyl (C=O) groups excluding carboxylic acids is 3. The van der Waals surface area contributed by atoms with Crippen molar-refractivity contribution in [3.05, 3.63) is 116 Å². The Labute approximate surface area is 315 Å². The van der Waals surface area contributed by atoms with E-state index in [4.69, 9.17) is 10.5 Å². The van der Waals surface area contributed by atoms with Crippen molar-refractivity contribution in [2.75, 3.05) is 0 Å². The van der Waals surface area contributed by atoms with Gasteiger partial charge in [-0.3, -0.25) is 9.59 Å². The van der Waals surface area contributed by atoms with Crippen LogP contribution >= 0.6 is 22.7 Å². The number of hydrogen-bond acceptors (Lipinski definition) is 9. The van der Waals surface area contributed by atoms with Crippen molar-refractivity contribution < 1.29 is 27.9 Å². The van der Waals surface area contributed by atoms with Crippen LogP contribution in [0.1, 0.15) is 66.3 Å². The Bertz CT molecular complexity index is 2000. The van der Waals surface area contributed by atoms with Gasteiger partial charge in [0.05, 0.1) is 18.2 Å². The van der Waals surface area contributed by atoms with Crippen LogP contribution in [0.2, 0.25) is 0 Å². The highest BCUT2D eigenvalue weighted by atomic mass is 32.1. The molecule has 2 aliphatic rings. The molecule has 2 heterocycles. The van der Waals surface area contributed by atoms with Crippen molar-refractivity contribution in [2.24, 2.45) is 5.73 Å². The Kier molecular flexibility index (Phi) is 12.0. The molecule has 4 aromatic rings. The number of benzene rings is 2. The quantitative estimate of drug-likeness (QED) is 0.141. The van der Waals surface area contributed by atoms with E-state index in [1.54, 1.807) is 31.5 Å². The number of nitrogens with one attached hydrogen (secondary N) is 3. The van der Waals surface area contributed by atoms with Crippen LogP contribution in [0.3, 0.4) is 0 Å². The summed E-state index contributed by atoms with van der Waals surface area (Å²) >= 11 is 2.39. The number of carbonyl (C=O) groups is 3. The minimum atomic E-state index is -1.07. The molecule has 6 atom stereocenters. The molecule has 10 nitrogen and oxygen atoms in total. The number of thiophene rings is 2. The molecule has 5 N–H and O–H groups in total. The Balaban J connectivity index is 0.000000211. The van der Waals surface area contributed by atoms with Crippen LogP contribution in [0.15, 0.2) is 83.6 Å². The van der Waals surface area contributed by atoms with E-state index in [0.29, 0.717) is 22.6 Å². The summed E-state index contributed by atoms with van der Waals surface area (Å²) in [5.74, 6) is -1.91. The van der Waals surface area contributed by atoms with E-state index in [1.807, 2.05) is 60.7 Å². The van der Waals surface area contributed by atoms with Gasteiger partial charge in [0.2, 0.25) is 11.8 Å². The molecule has 2 aromatic heterocycles. The first-order chi connectivity index (χ1) is 25.2. The molecule has 6 rings (SSSR count). The van der Waals surface area contributed by atoms with E-state index in [2.05, 4.69) is 28.1 Å². The van der Waals surface area contributed by atoms with Gasteiger partial charge >= 0.3 is 6.09 Å². The lowest BCUT2D eigenvalue weighted by Crippen LogP contribution is -2.52. The third-order valence-corrected chi connectivity index (χ3v) is 10.8. The molecule has 2 aliphatic carbocycles. The van der Waals surface area contributed by atoms with Crippen LogP contribution in [-0.4, -0.2) is 46.7 Å². The van der Waals surface area contributed by atoms with Gasteiger partial charge in [0.15, 0.2) is 0 Å². The fourth-order valence-corrected chi connectivity index (χ4v) is 7.58. The van der Waals surface area contributed by atoms with E-state index < -0.39 is 52.5 Å². The molecule has 14 heteroatoms. The van der Waals surface area contributed by atoms with E-state index in [0.717, 1.165) is 22.5 Å². The molecule has 0 bridgehead atoms. The normalized spacial score (nSPS) is 22.3. The molecule has 3 unspecified atom stereocenters. The van der Waals surface area contributed by atoms with Gasteiger partial charge in [-0.25, -0.2) is 13.6 Å². The number of nitrogens with two attached hydrogens (primary N) is 1. The van der Waals surface area contributed by atoms with Crippen LogP contribution in [0.4, 0.5) is 13.6 Å². The number of amides is 3. The SMILES string of the molecule is CC(C)(C)OC(=O)NC(Cc1sccc1F)C(=O)N[C@]1(C#N)CC1c1ccccc1.N#C[C@@]1(NC(=O)[C@@H](N)Cc2sccc2F)CC1c1ccccc1. The van der Waals surface area contributed by atoms with Crippen LogP contribution in [0.25, 0.3) is 0 Å². The molecule has 2 saturated carbocycles. The van der Waals surface area contributed by atoms with E-state index in [1.165, 1.54) is 23.5 Å². The predicted octanol–water partition coefficient (Wildman–Crippen LogP) is 6.21. The summed E-state index contributed by atoms with van der Waals surface area (Å²) in [6.07, 6.45) is 0.366. The monoisotopic (exact) mass is 758 g/mol. The Morgan fingerprint density at radius 3 is 1.68 bits per heavy atom. The van der Waals surface area contributed by atoms with Gasteiger partial charge in [0, 0.05) is 34.4 Å². The molecule has 2 aromatic carbocycles. The van der Waals surface area contributed by atoms with Crippen LogP contribution in [-0.2, 0) is 27.2 Å². The number of halogens is 2. The number of ether oxygens (including phenoxy) is 1. The molecular formula is C39H40F2N6O4S2. The van der Waals surface area contributed by atoms with Crippen molar-refractivity contribution in [1.82, 2.24) is 16.0 Å². The molecular weight excluding hydrogens is 719 g/mol. The second-order valence-electron chi connectivity index (χ2n) is 14.1. The maximum absolute atomic E-state index is 14.0. The minimum Gasteiger partial charge on any atom is -0.444 e. The third-order valence-electron chi connectivity index (χ3n) is 8.94. The highest BCUT2D eigenvalue weighted by Crippen LogP contribution is 2.52. The maximum atomic E-state index is 14.0. The first kappa shape index (κ1) is 39.1. The van der Waals surface area contributed by atoms with Crippen molar-refractivity contribution in [1.29, 1.82) is 10.5 Å². The number of nitrogens with zero attached hydrogens (tertiary/aromatic N) is 2. The second-order valence-corrected chi connectivity index (χ2v) is 16.1. The Morgan fingerprint density at radius 1 is 0.811 bits per heavy atom. The lowest BCUT2D eigenvalue weighted by atomic mass is 10.1. The molecule has 0 radical (unpaired) electrons. The molecule has 0 saturated heterocycles. The largest absolute Gasteiger partial charge is 0.444 e. The van der Waals surface area contributed by atoms with Crippen LogP contribution in [0, 0.1) is 34.3 Å². The third kappa shape index (κ3) is 9.84. The predicted molar refractivity (Wildman–Crippen MR) is 198 cm³/mol. The zero-order valence-electron chi connectivity index (χ0n) is 29.4. The Hall–Kier alpha value is -5.15. The highest BCUT2D eigenvalue weighted by molar-refractivity contribution is 7.10. The van der Waals surface area contributed by atoms with Gasteiger partial charge in [-0.15, -0.1) is 22.7 Å². The number of nitriles is 2. The zero-order valence-corrected chi connectivity index (χ0v) is 31.0. The summed E-state index contributed by atoms with van der Waals surface area (Å²) in [4.78, 5) is 38.3. The lowest BCUT2D eigenvalue weighted by Gasteiger charge is -2.24. The second kappa shape index (κ2) is 16.3. The number of alkyl carbamates (subject to hydrolysis) is 1. The first-order valence-electron chi connectivity index (χ1n) is 16.9. The van der Waals surface area contributed by atoms with Crippen molar-refractivity contribution in [3.63, 3.8) is 0 Å². The molecule has 0 aliphatic heterocycles. The van der Waals surface area contributed by atoms with Crippen LogP contribution in [0.5, 0.6) is 0 Å². The summed E-state index contributed by atoms with van der Waals surface area (Å²) < 4.78 is 32.7. The van der Waals surface area contributed by atoms with Gasteiger partial charge in [-0.1, -0.05) is 60.7 Å². The molecule has 0 spiro atoms. The van der Waals surface area contributed by atoms with Crippen LogP contribution < -0.4 is 21.7 Å². The molecule has 2 fully saturated rings. The average Bonchev–Trinajstić information content (AvgIpc) is 3.93. The van der Waals surface area contributed by atoms with Gasteiger partial charge in [-0.05, 0) is 67.6 Å². The van der Waals surface area contributed by atoms with E-state index in [-0.39, 0.29) is 30.5 Å². The number of rotatable bonds is 11. The minimum absolute atomic E-state index is 0.0247. The molecule has 53 heavy (non-hydrogen) atoms. The highest BCUT2D eigenvalue weighted by Gasteiger charge is 2.58. The fraction of sp³-hybridized carbons (Fsp3) is 0.359. The van der Waals surface area contributed by atoms with Gasteiger partial charge in [0.25, 0.3) is 0 Å². The lowest BCUT2D eigenvalue weighted by molar-refractivity contribution is -0.124. The summed E-state index contributed by atoms with van der Waals surface area (Å²) in [5, 5.41) is 30.4. The summed E-state index contributed by atoms with van der Waals surface area (Å²) in [5.41, 5.74) is 5.16. The van der Waals surface area contributed by atoms with Gasteiger partial charge in [-0.2, -0.15) is 10.5 Å². The van der Waals surface area contributed by atoms with Crippen molar-refractivity contribution in [3.8, 4) is 12.1 Å². The fourth-order valence-electron chi connectivity index (χ4n) is 5.98. The smallest absolute Gasteiger partial charge is 0.408 e. The topological polar surface area (TPSA) is 170 Å².